The molecule has 1 aliphatic carbocycles. The minimum absolute atomic E-state index is 0.0132. The Labute approximate surface area is 198 Å². The van der Waals surface area contributed by atoms with E-state index in [2.05, 4.69) is 36.8 Å². The van der Waals surface area contributed by atoms with Crippen LogP contribution in [0.5, 0.6) is 0 Å². The van der Waals surface area contributed by atoms with Gasteiger partial charge in [0, 0.05) is 49.7 Å². The van der Waals surface area contributed by atoms with Gasteiger partial charge in [-0.3, -0.25) is 9.99 Å². The van der Waals surface area contributed by atoms with E-state index in [-0.39, 0.29) is 18.8 Å². The molecule has 6 rings (SSSR count). The van der Waals surface area contributed by atoms with Crippen LogP contribution in [0.25, 0.3) is 17.0 Å². The first-order chi connectivity index (χ1) is 17.0. The van der Waals surface area contributed by atoms with E-state index < -0.39 is 5.92 Å². The molecule has 11 nitrogen and oxygen atoms in total. The van der Waals surface area contributed by atoms with Crippen molar-refractivity contribution in [3.05, 3.63) is 72.3 Å². The Hall–Kier alpha value is -3.97. The molecule has 0 saturated heterocycles. The lowest BCUT2D eigenvalue weighted by Gasteiger charge is -2.35. The van der Waals surface area contributed by atoms with Crippen molar-refractivity contribution in [2.45, 2.75) is 31.9 Å². The van der Waals surface area contributed by atoms with Crippen LogP contribution < -0.4 is 16.3 Å². The van der Waals surface area contributed by atoms with E-state index in [1.54, 1.807) is 17.1 Å². The van der Waals surface area contributed by atoms with E-state index in [4.69, 9.17) is 4.98 Å². The Kier molecular flexibility index (Phi) is 5.34. The van der Waals surface area contributed by atoms with Gasteiger partial charge in [-0.1, -0.05) is 6.07 Å². The highest BCUT2D eigenvalue weighted by Crippen LogP contribution is 2.41. The number of rotatable bonds is 8. The van der Waals surface area contributed by atoms with Crippen molar-refractivity contribution < 1.29 is 8.78 Å². The van der Waals surface area contributed by atoms with Gasteiger partial charge < -0.3 is 15.1 Å². The molecule has 13 heteroatoms. The fourth-order valence-electron chi connectivity index (χ4n) is 4.36. The molecule has 1 fully saturated rings. The minimum atomic E-state index is -2.47. The van der Waals surface area contributed by atoms with E-state index >= 15 is 0 Å². The van der Waals surface area contributed by atoms with Gasteiger partial charge in [0.2, 0.25) is 5.92 Å². The van der Waals surface area contributed by atoms with Crippen molar-refractivity contribution in [2.75, 3.05) is 6.54 Å². The van der Waals surface area contributed by atoms with E-state index in [0.29, 0.717) is 19.6 Å². The Morgan fingerprint density at radius 1 is 1.17 bits per heavy atom. The van der Waals surface area contributed by atoms with Crippen molar-refractivity contribution in [3.8, 4) is 5.69 Å². The summed E-state index contributed by atoms with van der Waals surface area (Å²) in [5.41, 5.74) is 11.6. The molecular formula is C22H23F2N11. The topological polar surface area (TPSA) is 113 Å². The average Bonchev–Trinajstić information content (AvgIpc) is 3.59. The van der Waals surface area contributed by atoms with Crippen LogP contribution in [0.15, 0.2) is 55.5 Å². The largest absolute Gasteiger partial charge is 0.312 e. The van der Waals surface area contributed by atoms with Gasteiger partial charge in [0.1, 0.15) is 12.0 Å². The first-order valence-corrected chi connectivity index (χ1v) is 11.2. The highest BCUT2D eigenvalue weighted by Gasteiger charge is 2.44. The molecule has 0 atom stereocenters. The number of imidazole rings is 1. The highest BCUT2D eigenvalue weighted by molar-refractivity contribution is 5.65. The van der Waals surface area contributed by atoms with E-state index in [0.717, 1.165) is 33.9 Å². The molecule has 4 aromatic heterocycles. The number of hydrogen-bond donors (Lipinski definition) is 3. The molecule has 0 radical (unpaired) electrons. The van der Waals surface area contributed by atoms with Gasteiger partial charge in [0.25, 0.3) is 0 Å². The maximum absolute atomic E-state index is 13.0. The number of fused-ring (bicyclic) bond motifs is 1. The first kappa shape index (κ1) is 21.6. The Balaban J connectivity index is 1.08. The third kappa shape index (κ3) is 4.68. The molecule has 4 aromatic rings. The van der Waals surface area contributed by atoms with Gasteiger partial charge in [0.05, 0.1) is 29.8 Å². The molecule has 3 N–H and O–H groups in total. The predicted molar refractivity (Wildman–Crippen MR) is 121 cm³/mol. The molecule has 0 aromatic carbocycles. The Morgan fingerprint density at radius 2 is 2.09 bits per heavy atom. The number of aromatic nitrogens is 7. The zero-order valence-corrected chi connectivity index (χ0v) is 18.6. The number of pyridine rings is 2. The molecule has 180 valence electrons. The predicted octanol–water partition coefficient (Wildman–Crippen LogP) is 1.66. The second-order valence-electron chi connectivity index (χ2n) is 8.89. The van der Waals surface area contributed by atoms with Crippen molar-refractivity contribution in [1.82, 2.24) is 55.9 Å². The Morgan fingerprint density at radius 3 is 2.91 bits per heavy atom. The monoisotopic (exact) mass is 479 g/mol. The fraction of sp³-hybridized carbons (Fsp3) is 0.318. The molecular weight excluding hydrogens is 456 g/mol. The second kappa shape index (κ2) is 8.67. The standard InChI is InChI=1S/C22H23F2N11/c23-22(24)4-16(5-22)7-25-6-15-1-2-21-28-18(11-33(21)10-15)12-34-13-20(29-31-34)17-3-19(9-26-8-17)35-14-27-30-32-35/h1-3,8-11,13-14,16,25,29,31H,4-7,12H2. The molecule has 2 aliphatic rings. The summed E-state index contributed by atoms with van der Waals surface area (Å²) in [7, 11) is 0. The summed E-state index contributed by atoms with van der Waals surface area (Å²) in [6, 6.07) is 5.91. The highest BCUT2D eigenvalue weighted by atomic mass is 19.3. The number of hydrazine groups is 2. The number of halogens is 2. The zero-order valence-electron chi connectivity index (χ0n) is 18.6. The molecule has 5 heterocycles. The van der Waals surface area contributed by atoms with Gasteiger partial charge in [-0.05, 0) is 40.6 Å². The van der Waals surface area contributed by atoms with E-state index in [1.165, 1.54) is 6.33 Å². The van der Waals surface area contributed by atoms with E-state index in [1.807, 2.05) is 46.2 Å². The molecule has 35 heavy (non-hydrogen) atoms. The van der Waals surface area contributed by atoms with Crippen molar-refractivity contribution >= 4 is 11.3 Å². The van der Waals surface area contributed by atoms with Crippen LogP contribution in [0.2, 0.25) is 0 Å². The van der Waals surface area contributed by atoms with Gasteiger partial charge in [-0.25, -0.2) is 13.8 Å². The summed E-state index contributed by atoms with van der Waals surface area (Å²) in [5.74, 6) is -2.41. The molecule has 0 bridgehead atoms. The lowest BCUT2D eigenvalue weighted by molar-refractivity contribution is -0.109. The maximum Gasteiger partial charge on any atom is 0.248 e. The molecule has 1 aliphatic heterocycles. The lowest BCUT2D eigenvalue weighted by Crippen LogP contribution is -2.40. The van der Waals surface area contributed by atoms with Crippen molar-refractivity contribution in [2.24, 2.45) is 5.92 Å². The smallest absolute Gasteiger partial charge is 0.248 e. The van der Waals surface area contributed by atoms with Gasteiger partial charge in [-0.2, -0.15) is 4.68 Å². The third-order valence-electron chi connectivity index (χ3n) is 6.10. The van der Waals surface area contributed by atoms with Crippen LogP contribution in [-0.4, -0.2) is 52.1 Å². The van der Waals surface area contributed by atoms with Crippen LogP contribution >= 0.6 is 0 Å². The number of tetrazole rings is 1. The maximum atomic E-state index is 13.0. The molecule has 0 unspecified atom stereocenters. The summed E-state index contributed by atoms with van der Waals surface area (Å²) in [4.78, 5) is 8.97. The SMILES string of the molecule is FC1(F)CC(CNCc2ccc3nc(CN4C=C(c5cncc(-n6cnnn6)c5)NN4)cn3c2)C1. The summed E-state index contributed by atoms with van der Waals surface area (Å²) in [5, 5.41) is 16.4. The normalized spacial score (nSPS) is 17.4. The van der Waals surface area contributed by atoms with Gasteiger partial charge in [0.15, 0.2) is 0 Å². The number of nitrogens with zero attached hydrogens (tertiary/aromatic N) is 8. The summed E-state index contributed by atoms with van der Waals surface area (Å²) < 4.78 is 29.5. The molecule has 0 amide bonds. The number of nitrogens with one attached hydrogen (secondary N) is 3. The Bertz CT molecular complexity index is 1360. The van der Waals surface area contributed by atoms with Crippen molar-refractivity contribution in [3.63, 3.8) is 0 Å². The van der Waals surface area contributed by atoms with E-state index in [9.17, 15) is 8.78 Å². The number of hydrogen-bond acceptors (Lipinski definition) is 9. The summed E-state index contributed by atoms with van der Waals surface area (Å²) >= 11 is 0. The van der Waals surface area contributed by atoms with Crippen LogP contribution in [0.4, 0.5) is 8.78 Å². The van der Waals surface area contributed by atoms with Crippen LogP contribution in [0, 0.1) is 5.92 Å². The lowest BCUT2D eigenvalue weighted by atomic mass is 9.81. The summed E-state index contributed by atoms with van der Waals surface area (Å²) in [6.07, 6.45) is 10.9. The first-order valence-electron chi connectivity index (χ1n) is 11.2. The quantitative estimate of drug-likeness (QED) is 0.347. The average molecular weight is 479 g/mol. The van der Waals surface area contributed by atoms with Crippen molar-refractivity contribution in [1.29, 1.82) is 0 Å². The second-order valence-corrected chi connectivity index (χ2v) is 8.89. The molecule has 1 saturated carbocycles. The van der Waals surface area contributed by atoms with Crippen LogP contribution in [0.3, 0.4) is 0 Å². The zero-order chi connectivity index (χ0) is 23.8. The summed E-state index contributed by atoms with van der Waals surface area (Å²) in [6.45, 7) is 1.79. The van der Waals surface area contributed by atoms with Gasteiger partial charge in [-0.15, -0.1) is 10.6 Å². The van der Waals surface area contributed by atoms with Crippen LogP contribution in [0.1, 0.15) is 29.7 Å². The van der Waals surface area contributed by atoms with Gasteiger partial charge >= 0.3 is 0 Å². The third-order valence-corrected chi connectivity index (χ3v) is 6.10. The minimum Gasteiger partial charge on any atom is -0.312 e. The van der Waals surface area contributed by atoms with Crippen LogP contribution in [-0.2, 0) is 13.1 Å². The fourth-order valence-corrected chi connectivity index (χ4v) is 4.36. The molecule has 0 spiro atoms. The number of alkyl halides is 2.